The third kappa shape index (κ3) is 4.49. The van der Waals surface area contributed by atoms with E-state index in [0.29, 0.717) is 12.4 Å². The summed E-state index contributed by atoms with van der Waals surface area (Å²) in [5.74, 6) is 0.852. The van der Waals surface area contributed by atoms with E-state index in [1.807, 2.05) is 36.4 Å². The van der Waals surface area contributed by atoms with Gasteiger partial charge in [0.05, 0.1) is 13.2 Å². The van der Waals surface area contributed by atoms with Crippen molar-refractivity contribution >= 4 is 16.7 Å². The van der Waals surface area contributed by atoms with E-state index in [0.717, 1.165) is 29.0 Å². The Morgan fingerprint density at radius 1 is 1.17 bits per heavy atom. The summed E-state index contributed by atoms with van der Waals surface area (Å²) in [7, 11) is 0. The molecule has 1 atom stereocenters. The first-order valence-electron chi connectivity index (χ1n) is 7.90. The van der Waals surface area contributed by atoms with Crippen molar-refractivity contribution in [2.24, 2.45) is 0 Å². The first-order valence-corrected chi connectivity index (χ1v) is 7.90. The normalized spacial score (nSPS) is 11.8. The van der Waals surface area contributed by atoms with E-state index in [1.165, 1.54) is 0 Å². The largest absolute Gasteiger partial charge is 0.493 e. The molecule has 0 heterocycles. The minimum atomic E-state index is -0.745. The summed E-state index contributed by atoms with van der Waals surface area (Å²) in [6.45, 7) is 5.76. The molecule has 2 rings (SSSR count). The van der Waals surface area contributed by atoms with Gasteiger partial charge in [-0.05, 0) is 18.6 Å². The van der Waals surface area contributed by atoms with Crippen LogP contribution in [0.1, 0.15) is 13.3 Å². The van der Waals surface area contributed by atoms with Crippen LogP contribution < -0.4 is 9.47 Å². The summed E-state index contributed by atoms with van der Waals surface area (Å²) in [4.78, 5) is 11.2. The van der Waals surface area contributed by atoms with Crippen LogP contribution >= 0.6 is 0 Å². The monoisotopic (exact) mass is 330 g/mol. The van der Waals surface area contributed by atoms with Crippen molar-refractivity contribution in [3.8, 4) is 11.5 Å². The molecule has 0 aliphatic rings. The maximum absolute atomic E-state index is 11.2. The van der Waals surface area contributed by atoms with E-state index in [2.05, 4.69) is 13.5 Å². The number of esters is 1. The highest BCUT2D eigenvalue weighted by molar-refractivity contribution is 5.93. The number of hydrogen-bond acceptors (Lipinski definition) is 5. The Morgan fingerprint density at radius 2 is 1.79 bits per heavy atom. The second kappa shape index (κ2) is 8.93. The lowest BCUT2D eigenvalue weighted by molar-refractivity contribution is -0.146. The molecule has 2 aromatic carbocycles. The van der Waals surface area contributed by atoms with Gasteiger partial charge >= 0.3 is 5.97 Å². The lowest BCUT2D eigenvalue weighted by atomic mass is 10.1. The fraction of sp³-hybridized carbons (Fsp3) is 0.316. The quantitative estimate of drug-likeness (QED) is 0.565. The van der Waals surface area contributed by atoms with Crippen LogP contribution in [0, 0.1) is 0 Å². The molecular weight excluding hydrogens is 308 g/mol. The Balaban J connectivity index is 2.17. The molecular formula is C19H22O5. The highest BCUT2D eigenvalue weighted by Crippen LogP contribution is 2.33. The summed E-state index contributed by atoms with van der Waals surface area (Å²) in [5, 5.41) is 11.1. The minimum absolute atomic E-state index is 0.0508. The van der Waals surface area contributed by atoms with Gasteiger partial charge in [0.15, 0.2) is 6.10 Å². The van der Waals surface area contributed by atoms with Gasteiger partial charge in [-0.1, -0.05) is 37.8 Å². The summed E-state index contributed by atoms with van der Waals surface area (Å²) in [6, 6.07) is 11.4. The second-order valence-corrected chi connectivity index (χ2v) is 5.21. The molecule has 128 valence electrons. The summed E-state index contributed by atoms with van der Waals surface area (Å²) < 4.78 is 16.5. The average Bonchev–Trinajstić information content (AvgIpc) is 2.63. The van der Waals surface area contributed by atoms with Crippen molar-refractivity contribution < 1.29 is 24.1 Å². The number of aliphatic hydroxyl groups excluding tert-OH is 1. The molecule has 1 unspecified atom stereocenters. The van der Waals surface area contributed by atoms with Gasteiger partial charge in [0.1, 0.15) is 18.1 Å². The molecule has 0 fully saturated rings. The molecule has 0 radical (unpaired) electrons. The number of carbonyl (C=O) groups excluding carboxylic acids is 1. The molecule has 24 heavy (non-hydrogen) atoms. The summed E-state index contributed by atoms with van der Waals surface area (Å²) in [5.41, 5.74) is 0. The highest BCUT2D eigenvalue weighted by Gasteiger charge is 2.14. The lowest BCUT2D eigenvalue weighted by Gasteiger charge is -2.17. The first-order chi connectivity index (χ1) is 11.7. The van der Waals surface area contributed by atoms with Gasteiger partial charge in [-0.3, -0.25) is 0 Å². The predicted molar refractivity (Wildman–Crippen MR) is 92.4 cm³/mol. The molecule has 0 spiro atoms. The predicted octanol–water partition coefficient (Wildman–Crippen LogP) is 3.10. The van der Waals surface area contributed by atoms with Crippen LogP contribution in [0.5, 0.6) is 11.5 Å². The Hall–Kier alpha value is -2.53. The van der Waals surface area contributed by atoms with Crippen molar-refractivity contribution in [2.75, 3.05) is 19.8 Å². The van der Waals surface area contributed by atoms with E-state index in [4.69, 9.17) is 14.2 Å². The SMILES string of the molecule is C=CC(=O)OC(CO)COc1ccc(OCCC)c2ccccc12. The first kappa shape index (κ1) is 17.8. The topological polar surface area (TPSA) is 65.0 Å². The van der Waals surface area contributed by atoms with Gasteiger partial charge < -0.3 is 19.3 Å². The molecule has 5 nitrogen and oxygen atoms in total. The Morgan fingerprint density at radius 3 is 2.33 bits per heavy atom. The summed E-state index contributed by atoms with van der Waals surface area (Å²) >= 11 is 0. The van der Waals surface area contributed by atoms with Gasteiger partial charge in [-0.15, -0.1) is 0 Å². The van der Waals surface area contributed by atoms with Gasteiger partial charge in [0.25, 0.3) is 0 Å². The van der Waals surface area contributed by atoms with Gasteiger partial charge in [0.2, 0.25) is 0 Å². The number of ether oxygens (including phenoxy) is 3. The molecule has 0 aliphatic heterocycles. The highest BCUT2D eigenvalue weighted by atomic mass is 16.6. The second-order valence-electron chi connectivity index (χ2n) is 5.21. The van der Waals surface area contributed by atoms with E-state index < -0.39 is 12.1 Å². The maximum atomic E-state index is 11.2. The van der Waals surface area contributed by atoms with Crippen LogP contribution in [0.15, 0.2) is 49.1 Å². The molecule has 2 aromatic rings. The van der Waals surface area contributed by atoms with Crippen LogP contribution in [0.2, 0.25) is 0 Å². The van der Waals surface area contributed by atoms with Crippen LogP contribution in [-0.2, 0) is 9.53 Å². The summed E-state index contributed by atoms with van der Waals surface area (Å²) in [6.07, 6.45) is 1.24. The number of fused-ring (bicyclic) bond motifs is 1. The van der Waals surface area contributed by atoms with Crippen molar-refractivity contribution in [2.45, 2.75) is 19.4 Å². The van der Waals surface area contributed by atoms with E-state index >= 15 is 0 Å². The van der Waals surface area contributed by atoms with Crippen LogP contribution in [-0.4, -0.2) is 37.0 Å². The number of aliphatic hydroxyl groups is 1. The molecule has 0 aliphatic carbocycles. The zero-order chi connectivity index (χ0) is 17.4. The standard InChI is InChI=1S/C19H22O5/c1-3-11-22-17-9-10-18(16-8-6-5-7-15(16)17)23-13-14(12-20)24-19(21)4-2/h4-10,14,20H,2-3,11-13H2,1H3. The zero-order valence-electron chi connectivity index (χ0n) is 13.7. The third-order valence-corrected chi connectivity index (χ3v) is 3.38. The van der Waals surface area contributed by atoms with Crippen molar-refractivity contribution in [3.63, 3.8) is 0 Å². The van der Waals surface area contributed by atoms with Gasteiger partial charge in [-0.25, -0.2) is 4.79 Å². The fourth-order valence-electron chi connectivity index (χ4n) is 2.23. The molecule has 1 N–H and O–H groups in total. The Kier molecular flexibility index (Phi) is 6.63. The van der Waals surface area contributed by atoms with Gasteiger partial charge in [-0.2, -0.15) is 0 Å². The third-order valence-electron chi connectivity index (χ3n) is 3.38. The van der Waals surface area contributed by atoms with Crippen LogP contribution in [0.25, 0.3) is 10.8 Å². The molecule has 0 saturated carbocycles. The molecule has 5 heteroatoms. The van der Waals surface area contributed by atoms with Crippen molar-refractivity contribution in [1.82, 2.24) is 0 Å². The van der Waals surface area contributed by atoms with Gasteiger partial charge in [0, 0.05) is 16.8 Å². The molecule has 0 amide bonds. The number of hydrogen-bond donors (Lipinski definition) is 1. The number of carbonyl (C=O) groups is 1. The van der Waals surface area contributed by atoms with Crippen LogP contribution in [0.4, 0.5) is 0 Å². The molecule has 0 saturated heterocycles. The number of rotatable bonds is 9. The Bertz CT molecular complexity index is 695. The molecule has 0 bridgehead atoms. The maximum Gasteiger partial charge on any atom is 0.330 e. The Labute approximate surface area is 141 Å². The zero-order valence-corrected chi connectivity index (χ0v) is 13.7. The minimum Gasteiger partial charge on any atom is -0.493 e. The smallest absolute Gasteiger partial charge is 0.330 e. The number of benzene rings is 2. The van der Waals surface area contributed by atoms with E-state index in [9.17, 15) is 9.90 Å². The lowest BCUT2D eigenvalue weighted by Crippen LogP contribution is -2.27. The van der Waals surface area contributed by atoms with E-state index in [1.54, 1.807) is 0 Å². The van der Waals surface area contributed by atoms with E-state index in [-0.39, 0.29) is 13.2 Å². The fourth-order valence-corrected chi connectivity index (χ4v) is 2.23. The van der Waals surface area contributed by atoms with Crippen molar-refractivity contribution in [3.05, 3.63) is 49.1 Å². The average molecular weight is 330 g/mol. The molecule has 0 aromatic heterocycles. The van der Waals surface area contributed by atoms with Crippen molar-refractivity contribution in [1.29, 1.82) is 0 Å². The van der Waals surface area contributed by atoms with Crippen LogP contribution in [0.3, 0.4) is 0 Å².